The van der Waals surface area contributed by atoms with E-state index in [9.17, 15) is 4.79 Å². The van der Waals surface area contributed by atoms with Crippen LogP contribution in [0.2, 0.25) is 0 Å². The molecule has 0 heterocycles. The summed E-state index contributed by atoms with van der Waals surface area (Å²) in [6, 6.07) is 25.7. The van der Waals surface area contributed by atoms with Gasteiger partial charge in [-0.25, -0.2) is 0 Å². The van der Waals surface area contributed by atoms with Crippen LogP contribution in [0.15, 0.2) is 78.9 Å². The topological polar surface area (TPSA) is 35.5 Å². The SMILES string of the molecule is CC(=O)Cc1ccc(OCc2ccccc2)c(OCc2ccccc2)c1. The summed E-state index contributed by atoms with van der Waals surface area (Å²) in [4.78, 5) is 11.4. The molecule has 132 valence electrons. The molecule has 0 aliphatic carbocycles. The average molecular weight is 346 g/mol. The van der Waals surface area contributed by atoms with Crippen molar-refractivity contribution < 1.29 is 14.3 Å². The van der Waals surface area contributed by atoms with Gasteiger partial charge >= 0.3 is 0 Å². The Morgan fingerprint density at radius 3 is 1.77 bits per heavy atom. The lowest BCUT2D eigenvalue weighted by molar-refractivity contribution is -0.116. The normalized spacial score (nSPS) is 10.3. The number of ketones is 1. The van der Waals surface area contributed by atoms with Crippen LogP contribution in [0.4, 0.5) is 0 Å². The second kappa shape index (κ2) is 8.86. The van der Waals surface area contributed by atoms with Gasteiger partial charge in [0.25, 0.3) is 0 Å². The highest BCUT2D eigenvalue weighted by Gasteiger charge is 2.09. The van der Waals surface area contributed by atoms with Gasteiger partial charge in [-0.05, 0) is 35.7 Å². The van der Waals surface area contributed by atoms with E-state index in [0.717, 1.165) is 16.7 Å². The van der Waals surface area contributed by atoms with Gasteiger partial charge in [0.15, 0.2) is 11.5 Å². The van der Waals surface area contributed by atoms with Gasteiger partial charge in [-0.2, -0.15) is 0 Å². The molecule has 0 spiro atoms. The van der Waals surface area contributed by atoms with Crippen molar-refractivity contribution in [1.82, 2.24) is 0 Å². The van der Waals surface area contributed by atoms with Gasteiger partial charge in [-0.15, -0.1) is 0 Å². The predicted octanol–water partition coefficient (Wildman–Crippen LogP) is 4.98. The Kier molecular flexibility index (Phi) is 6.05. The van der Waals surface area contributed by atoms with E-state index in [-0.39, 0.29) is 5.78 Å². The molecule has 26 heavy (non-hydrogen) atoms. The molecule has 3 nitrogen and oxygen atoms in total. The maximum atomic E-state index is 11.4. The molecule has 3 heteroatoms. The van der Waals surface area contributed by atoms with Crippen LogP contribution in [-0.2, 0) is 24.4 Å². The summed E-state index contributed by atoms with van der Waals surface area (Å²) in [5, 5.41) is 0. The first-order valence-corrected chi connectivity index (χ1v) is 8.66. The van der Waals surface area contributed by atoms with Crippen molar-refractivity contribution in [3.8, 4) is 11.5 Å². The Balaban J connectivity index is 1.76. The number of Topliss-reactive ketones (excluding diaryl/α,β-unsaturated/α-hetero) is 1. The Hall–Kier alpha value is -3.07. The number of carbonyl (C=O) groups excluding carboxylic acids is 1. The third-order valence-electron chi connectivity index (χ3n) is 3.94. The minimum absolute atomic E-state index is 0.122. The van der Waals surface area contributed by atoms with Crippen LogP contribution in [0.3, 0.4) is 0 Å². The van der Waals surface area contributed by atoms with E-state index in [2.05, 4.69) is 0 Å². The third kappa shape index (κ3) is 5.21. The van der Waals surface area contributed by atoms with Crippen molar-refractivity contribution in [1.29, 1.82) is 0 Å². The van der Waals surface area contributed by atoms with E-state index < -0.39 is 0 Å². The van der Waals surface area contributed by atoms with Gasteiger partial charge in [0.05, 0.1) is 0 Å². The minimum atomic E-state index is 0.122. The van der Waals surface area contributed by atoms with Gasteiger partial charge < -0.3 is 9.47 Å². The highest BCUT2D eigenvalue weighted by atomic mass is 16.5. The molecule has 0 aliphatic heterocycles. The lowest BCUT2D eigenvalue weighted by atomic mass is 10.1. The highest BCUT2D eigenvalue weighted by molar-refractivity contribution is 5.78. The van der Waals surface area contributed by atoms with E-state index in [1.165, 1.54) is 0 Å². The smallest absolute Gasteiger partial charge is 0.161 e. The molecule has 0 aliphatic rings. The number of rotatable bonds is 8. The molecule has 0 amide bonds. The molecule has 0 saturated carbocycles. The van der Waals surface area contributed by atoms with Crippen molar-refractivity contribution in [2.75, 3.05) is 0 Å². The molecule has 0 unspecified atom stereocenters. The lowest BCUT2D eigenvalue weighted by Crippen LogP contribution is -2.02. The molecular formula is C23H22O3. The lowest BCUT2D eigenvalue weighted by Gasteiger charge is -2.14. The largest absolute Gasteiger partial charge is 0.485 e. The molecule has 0 bridgehead atoms. The first-order chi connectivity index (χ1) is 12.7. The van der Waals surface area contributed by atoms with Gasteiger partial charge in [-0.1, -0.05) is 66.7 Å². The highest BCUT2D eigenvalue weighted by Crippen LogP contribution is 2.30. The number of ether oxygens (including phenoxy) is 2. The van der Waals surface area contributed by atoms with E-state index in [1.54, 1.807) is 6.92 Å². The summed E-state index contributed by atoms with van der Waals surface area (Å²) in [6.45, 7) is 2.50. The van der Waals surface area contributed by atoms with E-state index >= 15 is 0 Å². The van der Waals surface area contributed by atoms with Crippen molar-refractivity contribution >= 4 is 5.78 Å². The van der Waals surface area contributed by atoms with Crippen molar-refractivity contribution in [2.45, 2.75) is 26.6 Å². The summed E-state index contributed by atoms with van der Waals surface area (Å²) < 4.78 is 12.0. The quantitative estimate of drug-likeness (QED) is 0.577. The second-order valence-electron chi connectivity index (χ2n) is 6.21. The summed E-state index contributed by atoms with van der Waals surface area (Å²) in [5.41, 5.74) is 3.10. The monoisotopic (exact) mass is 346 g/mol. The molecule has 0 radical (unpaired) electrons. The zero-order chi connectivity index (χ0) is 18.2. The molecule has 0 saturated heterocycles. The van der Waals surface area contributed by atoms with Crippen molar-refractivity contribution in [2.24, 2.45) is 0 Å². The van der Waals surface area contributed by atoms with Crippen LogP contribution in [0.5, 0.6) is 11.5 Å². The fraction of sp³-hybridized carbons (Fsp3) is 0.174. The van der Waals surface area contributed by atoms with Gasteiger partial charge in [-0.3, -0.25) is 4.79 Å². The first-order valence-electron chi connectivity index (χ1n) is 8.66. The van der Waals surface area contributed by atoms with Crippen LogP contribution in [0, 0.1) is 0 Å². The predicted molar refractivity (Wildman–Crippen MR) is 102 cm³/mol. The zero-order valence-electron chi connectivity index (χ0n) is 14.9. The van der Waals surface area contributed by atoms with Crippen LogP contribution in [0.25, 0.3) is 0 Å². The molecule has 0 aromatic heterocycles. The molecule has 0 fully saturated rings. The second-order valence-corrected chi connectivity index (χ2v) is 6.21. The molecule has 0 atom stereocenters. The van der Waals surface area contributed by atoms with E-state index in [1.807, 2.05) is 78.9 Å². The molecular weight excluding hydrogens is 324 g/mol. The van der Waals surface area contributed by atoms with Crippen molar-refractivity contribution in [3.63, 3.8) is 0 Å². The van der Waals surface area contributed by atoms with Crippen molar-refractivity contribution in [3.05, 3.63) is 95.6 Å². The minimum Gasteiger partial charge on any atom is -0.485 e. The molecule has 3 aromatic carbocycles. The van der Waals surface area contributed by atoms with E-state index in [0.29, 0.717) is 31.1 Å². The standard InChI is InChI=1S/C23H22O3/c1-18(24)14-21-12-13-22(25-16-19-8-4-2-5-9-19)23(15-21)26-17-20-10-6-3-7-11-20/h2-13,15H,14,16-17H2,1H3. The summed E-state index contributed by atoms with van der Waals surface area (Å²) in [7, 11) is 0. The average Bonchev–Trinajstić information content (AvgIpc) is 2.67. The molecule has 3 aromatic rings. The third-order valence-corrected chi connectivity index (χ3v) is 3.94. The first kappa shape index (κ1) is 17.7. The van der Waals surface area contributed by atoms with E-state index in [4.69, 9.17) is 9.47 Å². The van der Waals surface area contributed by atoms with Crippen LogP contribution in [0.1, 0.15) is 23.6 Å². The number of hydrogen-bond donors (Lipinski definition) is 0. The molecule has 0 N–H and O–H groups in total. The Morgan fingerprint density at radius 1 is 0.692 bits per heavy atom. The Labute approximate surface area is 154 Å². The Morgan fingerprint density at radius 2 is 1.23 bits per heavy atom. The van der Waals surface area contributed by atoms with Crippen LogP contribution >= 0.6 is 0 Å². The number of benzene rings is 3. The number of hydrogen-bond acceptors (Lipinski definition) is 3. The fourth-order valence-electron chi connectivity index (χ4n) is 2.65. The maximum Gasteiger partial charge on any atom is 0.161 e. The maximum absolute atomic E-state index is 11.4. The summed E-state index contributed by atoms with van der Waals surface area (Å²) >= 11 is 0. The summed E-state index contributed by atoms with van der Waals surface area (Å²) in [5.74, 6) is 1.46. The van der Waals surface area contributed by atoms with Gasteiger partial charge in [0.2, 0.25) is 0 Å². The zero-order valence-corrected chi connectivity index (χ0v) is 14.9. The fourth-order valence-corrected chi connectivity index (χ4v) is 2.65. The van der Waals surface area contributed by atoms with Gasteiger partial charge in [0, 0.05) is 6.42 Å². The number of carbonyl (C=O) groups is 1. The van der Waals surface area contributed by atoms with Crippen LogP contribution in [-0.4, -0.2) is 5.78 Å². The van der Waals surface area contributed by atoms with Crippen LogP contribution < -0.4 is 9.47 Å². The molecule has 3 rings (SSSR count). The Bertz CT molecular complexity index is 842. The van der Waals surface area contributed by atoms with Gasteiger partial charge in [0.1, 0.15) is 19.0 Å². The summed E-state index contributed by atoms with van der Waals surface area (Å²) in [6.07, 6.45) is 0.390.